The second-order valence-electron chi connectivity index (χ2n) is 4.63. The van der Waals surface area contributed by atoms with Crippen LogP contribution in [0.1, 0.15) is 11.1 Å². The Bertz CT molecular complexity index is 762. The summed E-state index contributed by atoms with van der Waals surface area (Å²) in [5.41, 5.74) is 2.17. The maximum absolute atomic E-state index is 13.5. The third-order valence-electron chi connectivity index (χ3n) is 3.65. The van der Waals surface area contributed by atoms with Crippen LogP contribution in [0.2, 0.25) is 0 Å². The minimum atomic E-state index is -2.58. The van der Waals surface area contributed by atoms with Crippen LogP contribution in [0.25, 0.3) is 12.2 Å². The minimum Gasteiger partial charge on any atom is -0.309 e. The first kappa shape index (κ1) is 10.1. The summed E-state index contributed by atoms with van der Waals surface area (Å²) in [6.45, 7) is 0. The topological polar surface area (TPSA) is 17.1 Å². The molecule has 2 aliphatic heterocycles. The molecule has 1 nitrogen and oxygen atoms in total. The summed E-state index contributed by atoms with van der Waals surface area (Å²) in [4.78, 5) is 0. The molecule has 0 aliphatic carbocycles. The average Bonchev–Trinajstić information content (AvgIpc) is 2.73. The molecule has 1 unspecified atom stereocenters. The van der Waals surface area contributed by atoms with Gasteiger partial charge in [0.2, 0.25) is 0 Å². The van der Waals surface area contributed by atoms with Gasteiger partial charge in [-0.1, -0.05) is 60.7 Å². The van der Waals surface area contributed by atoms with Crippen molar-refractivity contribution in [1.82, 2.24) is 0 Å². The van der Waals surface area contributed by atoms with Crippen molar-refractivity contribution in [2.75, 3.05) is 0 Å². The molecule has 0 aromatic heterocycles. The third kappa shape index (κ3) is 1.10. The highest BCUT2D eigenvalue weighted by Crippen LogP contribution is 2.59. The van der Waals surface area contributed by atoms with Gasteiger partial charge < -0.3 is 4.57 Å². The van der Waals surface area contributed by atoms with Gasteiger partial charge in [0, 0.05) is 15.9 Å². The van der Waals surface area contributed by atoms with Crippen LogP contribution in [0.3, 0.4) is 0 Å². The lowest BCUT2D eigenvalue weighted by atomic mass is 10.2. The van der Waals surface area contributed by atoms with E-state index < -0.39 is 7.14 Å². The highest BCUT2D eigenvalue weighted by Gasteiger charge is 2.39. The zero-order valence-electron chi connectivity index (χ0n) is 9.71. The van der Waals surface area contributed by atoms with Gasteiger partial charge in [0.1, 0.15) is 0 Å². The van der Waals surface area contributed by atoms with Crippen LogP contribution in [0.15, 0.2) is 59.9 Å². The van der Waals surface area contributed by atoms with E-state index in [-0.39, 0.29) is 0 Å². The van der Waals surface area contributed by atoms with E-state index in [2.05, 4.69) is 12.2 Å². The number of hydrogen-bond donors (Lipinski definition) is 0. The lowest BCUT2D eigenvalue weighted by Crippen LogP contribution is -2.19. The quantitative estimate of drug-likeness (QED) is 0.655. The Morgan fingerprint density at radius 2 is 1.33 bits per heavy atom. The van der Waals surface area contributed by atoms with Crippen molar-refractivity contribution in [3.05, 3.63) is 71.0 Å². The first-order chi connectivity index (χ1) is 8.80. The van der Waals surface area contributed by atoms with Crippen LogP contribution >= 0.6 is 7.14 Å². The monoisotopic (exact) mass is 250 g/mol. The predicted molar refractivity (Wildman–Crippen MR) is 76.8 cm³/mol. The smallest absolute Gasteiger partial charge is 0.172 e. The van der Waals surface area contributed by atoms with Crippen LogP contribution in [0, 0.1) is 0 Å². The van der Waals surface area contributed by atoms with E-state index in [0.717, 1.165) is 27.1 Å². The highest BCUT2D eigenvalue weighted by atomic mass is 31.2. The zero-order valence-corrected chi connectivity index (χ0v) is 10.6. The van der Waals surface area contributed by atoms with Crippen molar-refractivity contribution in [3.8, 4) is 0 Å². The van der Waals surface area contributed by atoms with Crippen molar-refractivity contribution in [2.45, 2.75) is 0 Å². The van der Waals surface area contributed by atoms with Gasteiger partial charge in [0.15, 0.2) is 7.14 Å². The van der Waals surface area contributed by atoms with Crippen molar-refractivity contribution >= 4 is 29.9 Å². The lowest BCUT2D eigenvalue weighted by Gasteiger charge is -2.22. The molecule has 2 aromatic rings. The number of rotatable bonds is 0. The second kappa shape index (κ2) is 3.34. The minimum absolute atomic E-state index is 0.961. The standard InChI is InChI=1S/C16H11OP/c17-18-14(11-13-6-2-4-8-16(13)18)10-9-12-5-1-3-7-15(12)18/h1-11H. The number of allylic oxidation sites excluding steroid dienone is 2. The van der Waals surface area contributed by atoms with E-state index in [9.17, 15) is 4.57 Å². The predicted octanol–water partition coefficient (Wildman–Crippen LogP) is 3.38. The van der Waals surface area contributed by atoms with Gasteiger partial charge >= 0.3 is 0 Å². The Hall–Kier alpha value is -1.85. The Kier molecular flexibility index (Phi) is 1.87. The van der Waals surface area contributed by atoms with Gasteiger partial charge in [0.05, 0.1) is 0 Å². The molecule has 0 amide bonds. The molecule has 0 spiro atoms. The van der Waals surface area contributed by atoms with E-state index in [1.165, 1.54) is 0 Å². The molecule has 0 fully saturated rings. The fourth-order valence-corrected chi connectivity index (χ4v) is 5.83. The van der Waals surface area contributed by atoms with Gasteiger partial charge in [-0.2, -0.15) is 0 Å². The molecule has 2 aromatic carbocycles. The molecular formula is C16H11OP. The summed E-state index contributed by atoms with van der Waals surface area (Å²) >= 11 is 0. The van der Waals surface area contributed by atoms with Gasteiger partial charge in [-0.25, -0.2) is 0 Å². The molecule has 4 rings (SSSR count). The molecule has 0 N–H and O–H groups in total. The number of fused-ring (bicyclic) bond motifs is 5. The Balaban J connectivity index is 2.13. The number of benzene rings is 2. The van der Waals surface area contributed by atoms with E-state index >= 15 is 0 Å². The summed E-state index contributed by atoms with van der Waals surface area (Å²) in [6.07, 6.45) is 6.12. The number of hydrogen-bond acceptors (Lipinski definition) is 1. The van der Waals surface area contributed by atoms with Gasteiger partial charge in [-0.3, -0.25) is 0 Å². The average molecular weight is 250 g/mol. The SMILES string of the molecule is O=P12C(=Cc3ccccc31)C=Cc1ccccc12. The summed E-state index contributed by atoms with van der Waals surface area (Å²) in [7, 11) is -2.58. The molecular weight excluding hydrogens is 239 g/mol. The van der Waals surface area contributed by atoms with Crippen LogP contribution in [0.4, 0.5) is 0 Å². The molecule has 2 aliphatic rings. The van der Waals surface area contributed by atoms with Crippen LogP contribution < -0.4 is 10.6 Å². The van der Waals surface area contributed by atoms with Crippen molar-refractivity contribution in [1.29, 1.82) is 0 Å². The largest absolute Gasteiger partial charge is 0.309 e. The normalized spacial score (nSPS) is 23.0. The van der Waals surface area contributed by atoms with Gasteiger partial charge in [0.25, 0.3) is 0 Å². The molecule has 2 heteroatoms. The molecule has 18 heavy (non-hydrogen) atoms. The second-order valence-corrected chi connectivity index (χ2v) is 7.33. The van der Waals surface area contributed by atoms with Crippen LogP contribution in [-0.4, -0.2) is 0 Å². The van der Waals surface area contributed by atoms with E-state index in [1.54, 1.807) is 0 Å². The lowest BCUT2D eigenvalue weighted by molar-refractivity contribution is 0.591. The fraction of sp³-hybridized carbons (Fsp3) is 0. The Morgan fingerprint density at radius 1 is 0.722 bits per heavy atom. The van der Waals surface area contributed by atoms with Crippen LogP contribution in [-0.2, 0) is 4.57 Å². The highest BCUT2D eigenvalue weighted by molar-refractivity contribution is 7.83. The van der Waals surface area contributed by atoms with Crippen molar-refractivity contribution < 1.29 is 4.57 Å². The maximum Gasteiger partial charge on any atom is 0.172 e. The molecule has 0 saturated carbocycles. The first-order valence-corrected chi connectivity index (χ1v) is 7.70. The Morgan fingerprint density at radius 3 is 2.11 bits per heavy atom. The summed E-state index contributed by atoms with van der Waals surface area (Å²) in [6, 6.07) is 16.0. The molecule has 2 heterocycles. The molecule has 1 atom stereocenters. The summed E-state index contributed by atoms with van der Waals surface area (Å²) < 4.78 is 13.5. The van der Waals surface area contributed by atoms with E-state index in [4.69, 9.17) is 0 Å². The summed E-state index contributed by atoms with van der Waals surface area (Å²) in [5, 5.41) is 2.92. The molecule has 0 saturated heterocycles. The molecule has 86 valence electrons. The van der Waals surface area contributed by atoms with Gasteiger partial charge in [-0.05, 0) is 17.2 Å². The molecule has 0 radical (unpaired) electrons. The van der Waals surface area contributed by atoms with E-state index in [1.807, 2.05) is 54.6 Å². The van der Waals surface area contributed by atoms with E-state index in [0.29, 0.717) is 0 Å². The fourth-order valence-electron chi connectivity index (χ4n) is 2.80. The Labute approximate surface area is 106 Å². The van der Waals surface area contributed by atoms with Crippen molar-refractivity contribution in [2.24, 2.45) is 0 Å². The van der Waals surface area contributed by atoms with Crippen molar-refractivity contribution in [3.63, 3.8) is 0 Å². The van der Waals surface area contributed by atoms with Gasteiger partial charge in [-0.15, -0.1) is 0 Å². The maximum atomic E-state index is 13.5. The first-order valence-electron chi connectivity index (χ1n) is 6.00. The summed E-state index contributed by atoms with van der Waals surface area (Å²) in [5.74, 6) is 0. The van der Waals surface area contributed by atoms with Crippen LogP contribution in [0.5, 0.6) is 0 Å². The third-order valence-corrected chi connectivity index (χ3v) is 6.83. The zero-order chi connectivity index (χ0) is 12.2. The molecule has 0 bridgehead atoms.